The van der Waals surface area contributed by atoms with Crippen molar-refractivity contribution < 1.29 is 24.2 Å². The van der Waals surface area contributed by atoms with Crippen LogP contribution < -0.4 is 14.4 Å². The SMILES string of the molecule is COc1cccc(/C(O)=C2/C(=O)C(=O)N(c3ccc(C(C)C)cc3)C2c2ccc(OC(C)C)cc2)c1. The fraction of sp³-hybridized carbons (Fsp3) is 0.267. The van der Waals surface area contributed by atoms with E-state index < -0.39 is 17.7 Å². The number of aliphatic hydroxyl groups is 1. The zero-order valence-electron chi connectivity index (χ0n) is 21.2. The number of anilines is 1. The molecule has 0 radical (unpaired) electrons. The molecule has 0 saturated carbocycles. The Morgan fingerprint density at radius 1 is 0.889 bits per heavy atom. The fourth-order valence-electron chi connectivity index (χ4n) is 4.36. The van der Waals surface area contributed by atoms with Gasteiger partial charge in [0.1, 0.15) is 17.3 Å². The number of carbonyl (C=O) groups excluding carboxylic acids is 2. The summed E-state index contributed by atoms with van der Waals surface area (Å²) in [6, 6.07) is 20.8. The molecule has 1 fully saturated rings. The lowest BCUT2D eigenvalue weighted by Gasteiger charge is -2.26. The van der Waals surface area contributed by atoms with E-state index in [1.807, 2.05) is 62.4 Å². The van der Waals surface area contributed by atoms with Crippen molar-refractivity contribution in [2.45, 2.75) is 45.8 Å². The highest BCUT2D eigenvalue weighted by atomic mass is 16.5. The molecule has 1 heterocycles. The first kappa shape index (κ1) is 25.0. The quantitative estimate of drug-likeness (QED) is 0.244. The molecule has 4 rings (SSSR count). The van der Waals surface area contributed by atoms with Crippen molar-refractivity contribution in [3.05, 3.63) is 95.1 Å². The van der Waals surface area contributed by atoms with Gasteiger partial charge in [-0.2, -0.15) is 0 Å². The van der Waals surface area contributed by atoms with Crippen LogP contribution in [0, 0.1) is 0 Å². The number of carbonyl (C=O) groups is 2. The lowest BCUT2D eigenvalue weighted by molar-refractivity contribution is -0.132. The normalized spacial score (nSPS) is 17.2. The van der Waals surface area contributed by atoms with Gasteiger partial charge in [0.05, 0.1) is 24.8 Å². The van der Waals surface area contributed by atoms with Crippen molar-refractivity contribution in [1.29, 1.82) is 0 Å². The van der Waals surface area contributed by atoms with Crippen LogP contribution in [0.4, 0.5) is 5.69 Å². The Balaban J connectivity index is 1.87. The molecule has 0 bridgehead atoms. The third-order valence-electron chi connectivity index (χ3n) is 6.19. The Labute approximate surface area is 211 Å². The molecule has 3 aromatic rings. The van der Waals surface area contributed by atoms with Crippen LogP contribution in [0.2, 0.25) is 0 Å². The first-order chi connectivity index (χ1) is 17.2. The molecule has 6 nitrogen and oxygen atoms in total. The Kier molecular flexibility index (Phi) is 7.15. The number of hydrogen-bond acceptors (Lipinski definition) is 5. The minimum absolute atomic E-state index is 0.00835. The second-order valence-electron chi connectivity index (χ2n) is 9.38. The van der Waals surface area contributed by atoms with Gasteiger partial charge in [0.2, 0.25) is 0 Å². The van der Waals surface area contributed by atoms with Crippen LogP contribution in [0.15, 0.2) is 78.4 Å². The van der Waals surface area contributed by atoms with Crippen LogP contribution in [0.5, 0.6) is 11.5 Å². The van der Waals surface area contributed by atoms with Gasteiger partial charge in [0.25, 0.3) is 11.7 Å². The molecule has 1 aliphatic heterocycles. The Morgan fingerprint density at radius 3 is 2.14 bits per heavy atom. The Morgan fingerprint density at radius 2 is 1.56 bits per heavy atom. The third kappa shape index (κ3) is 4.85. The summed E-state index contributed by atoms with van der Waals surface area (Å²) in [7, 11) is 1.53. The summed E-state index contributed by atoms with van der Waals surface area (Å²) in [5, 5.41) is 11.3. The van der Waals surface area contributed by atoms with Gasteiger partial charge in [-0.15, -0.1) is 0 Å². The second kappa shape index (κ2) is 10.3. The van der Waals surface area contributed by atoms with Crippen LogP contribution in [-0.4, -0.2) is 30.0 Å². The van der Waals surface area contributed by atoms with Gasteiger partial charge in [0, 0.05) is 11.3 Å². The van der Waals surface area contributed by atoms with E-state index >= 15 is 0 Å². The molecule has 186 valence electrons. The predicted octanol–water partition coefficient (Wildman–Crippen LogP) is 6.23. The molecule has 36 heavy (non-hydrogen) atoms. The summed E-state index contributed by atoms with van der Waals surface area (Å²) in [5.74, 6) is -0.142. The second-order valence-corrected chi connectivity index (χ2v) is 9.38. The molecule has 6 heteroatoms. The Bertz CT molecular complexity index is 1290. The van der Waals surface area contributed by atoms with E-state index in [9.17, 15) is 14.7 Å². The smallest absolute Gasteiger partial charge is 0.300 e. The first-order valence-electron chi connectivity index (χ1n) is 12.0. The molecule has 0 spiro atoms. The van der Waals surface area contributed by atoms with Crippen molar-refractivity contribution in [3.8, 4) is 11.5 Å². The highest BCUT2D eigenvalue weighted by Crippen LogP contribution is 2.43. The standard InChI is InChI=1S/C30H31NO5/c1-18(2)20-9-13-23(14-10-20)31-27(21-11-15-24(16-12-21)36-19(3)4)26(29(33)30(31)34)28(32)22-7-6-8-25(17-22)35-5/h6-19,27,32H,1-5H3/b28-26-. The fourth-order valence-corrected chi connectivity index (χ4v) is 4.36. The van der Waals surface area contributed by atoms with E-state index in [4.69, 9.17) is 9.47 Å². The maximum absolute atomic E-state index is 13.4. The third-order valence-corrected chi connectivity index (χ3v) is 6.19. The molecule has 0 aromatic heterocycles. The van der Waals surface area contributed by atoms with Gasteiger partial charge in [-0.3, -0.25) is 14.5 Å². The lowest BCUT2D eigenvalue weighted by atomic mass is 9.94. The molecule has 1 unspecified atom stereocenters. The molecule has 1 atom stereocenters. The van der Waals surface area contributed by atoms with Crippen LogP contribution >= 0.6 is 0 Å². The maximum Gasteiger partial charge on any atom is 0.300 e. The summed E-state index contributed by atoms with van der Waals surface area (Å²) < 4.78 is 11.1. The first-order valence-corrected chi connectivity index (χ1v) is 12.0. The number of nitrogens with zero attached hydrogens (tertiary/aromatic N) is 1. The molecule has 1 amide bonds. The molecule has 1 aliphatic rings. The van der Waals surface area contributed by atoms with Crippen molar-refractivity contribution in [3.63, 3.8) is 0 Å². The van der Waals surface area contributed by atoms with E-state index in [1.54, 1.807) is 24.3 Å². The van der Waals surface area contributed by atoms with Crippen LogP contribution in [-0.2, 0) is 9.59 Å². The molecule has 1 N–H and O–H groups in total. The predicted molar refractivity (Wildman–Crippen MR) is 141 cm³/mol. The average molecular weight is 486 g/mol. The number of Topliss-reactive ketones (excluding diaryl/α,β-unsaturated/α-hetero) is 1. The van der Waals surface area contributed by atoms with Gasteiger partial charge < -0.3 is 14.6 Å². The van der Waals surface area contributed by atoms with E-state index in [1.165, 1.54) is 12.0 Å². The molecule has 1 saturated heterocycles. The lowest BCUT2D eigenvalue weighted by Crippen LogP contribution is -2.29. The maximum atomic E-state index is 13.4. The monoisotopic (exact) mass is 485 g/mol. The number of methoxy groups -OCH3 is 1. The van der Waals surface area contributed by atoms with Crippen molar-refractivity contribution in [2.24, 2.45) is 0 Å². The van der Waals surface area contributed by atoms with Gasteiger partial charge in [-0.25, -0.2) is 0 Å². The zero-order valence-corrected chi connectivity index (χ0v) is 21.2. The van der Waals surface area contributed by atoms with E-state index in [2.05, 4.69) is 13.8 Å². The molecular formula is C30H31NO5. The van der Waals surface area contributed by atoms with Crippen LogP contribution in [0.3, 0.4) is 0 Å². The van der Waals surface area contributed by atoms with Crippen molar-refractivity contribution >= 4 is 23.1 Å². The van der Waals surface area contributed by atoms with E-state index in [0.717, 1.165) is 5.56 Å². The summed E-state index contributed by atoms with van der Waals surface area (Å²) in [4.78, 5) is 28.2. The average Bonchev–Trinajstić information content (AvgIpc) is 3.14. The van der Waals surface area contributed by atoms with Gasteiger partial charge in [-0.1, -0.05) is 50.2 Å². The number of hydrogen-bond donors (Lipinski definition) is 1. The molecule has 0 aliphatic carbocycles. The number of benzene rings is 3. The van der Waals surface area contributed by atoms with E-state index in [0.29, 0.717) is 34.2 Å². The highest BCUT2D eigenvalue weighted by molar-refractivity contribution is 6.51. The van der Waals surface area contributed by atoms with E-state index in [-0.39, 0.29) is 17.4 Å². The van der Waals surface area contributed by atoms with Crippen LogP contribution in [0.1, 0.15) is 56.3 Å². The van der Waals surface area contributed by atoms with Crippen LogP contribution in [0.25, 0.3) is 5.76 Å². The minimum atomic E-state index is -0.811. The minimum Gasteiger partial charge on any atom is -0.507 e. The number of amides is 1. The topological polar surface area (TPSA) is 76.1 Å². The summed E-state index contributed by atoms with van der Waals surface area (Å²) in [5.41, 5.74) is 2.81. The van der Waals surface area contributed by atoms with Gasteiger partial charge in [-0.05, 0) is 67.3 Å². The number of ketones is 1. The number of ether oxygens (including phenoxy) is 2. The summed E-state index contributed by atoms with van der Waals surface area (Å²) >= 11 is 0. The van der Waals surface area contributed by atoms with Crippen molar-refractivity contribution in [1.82, 2.24) is 0 Å². The Hall–Kier alpha value is -4.06. The number of aliphatic hydroxyl groups excluding tert-OH is 1. The van der Waals surface area contributed by atoms with Gasteiger partial charge in [0.15, 0.2) is 0 Å². The summed E-state index contributed by atoms with van der Waals surface area (Å²) in [6.07, 6.45) is 0.00835. The van der Waals surface area contributed by atoms with Crippen molar-refractivity contribution in [2.75, 3.05) is 12.0 Å². The van der Waals surface area contributed by atoms with Gasteiger partial charge >= 0.3 is 0 Å². The summed E-state index contributed by atoms with van der Waals surface area (Å²) in [6.45, 7) is 8.07. The largest absolute Gasteiger partial charge is 0.507 e. The molecular weight excluding hydrogens is 454 g/mol. The number of rotatable bonds is 7. The highest BCUT2D eigenvalue weighted by Gasteiger charge is 2.47. The zero-order chi connectivity index (χ0) is 26.0. The molecule has 3 aromatic carbocycles.